The van der Waals surface area contributed by atoms with E-state index in [9.17, 15) is 4.79 Å². The van der Waals surface area contributed by atoms with Gasteiger partial charge in [-0.3, -0.25) is 9.69 Å². The average Bonchev–Trinajstić information content (AvgIpc) is 3.13. The van der Waals surface area contributed by atoms with Crippen LogP contribution in [0, 0.1) is 0 Å². The fourth-order valence-corrected chi connectivity index (χ4v) is 4.20. The van der Waals surface area contributed by atoms with Gasteiger partial charge in [0, 0.05) is 44.5 Å². The zero-order valence-electron chi connectivity index (χ0n) is 15.4. The molecule has 2 saturated heterocycles. The van der Waals surface area contributed by atoms with Crippen LogP contribution in [0.25, 0.3) is 11.4 Å². The van der Waals surface area contributed by atoms with E-state index in [-0.39, 0.29) is 5.56 Å². The summed E-state index contributed by atoms with van der Waals surface area (Å²) in [7, 11) is 0. The largest absolute Gasteiger partial charge is 0.381 e. The highest BCUT2D eigenvalue weighted by Crippen LogP contribution is 2.30. The van der Waals surface area contributed by atoms with Crippen molar-refractivity contribution in [1.29, 1.82) is 0 Å². The Labute approximate surface area is 153 Å². The molecule has 0 amide bonds. The van der Waals surface area contributed by atoms with E-state index in [1.807, 2.05) is 10.7 Å². The molecule has 2 fully saturated rings. The Balaban J connectivity index is 1.58. The van der Waals surface area contributed by atoms with Gasteiger partial charge in [0.2, 0.25) is 0 Å². The van der Waals surface area contributed by atoms with Gasteiger partial charge in [-0.25, -0.2) is 9.67 Å². The van der Waals surface area contributed by atoms with E-state index in [0.29, 0.717) is 23.3 Å². The Morgan fingerprint density at radius 2 is 2.15 bits per heavy atom. The molecule has 0 aliphatic carbocycles. The van der Waals surface area contributed by atoms with Crippen LogP contribution in [0.4, 0.5) is 0 Å². The number of ether oxygens (including phenoxy) is 1. The van der Waals surface area contributed by atoms with Gasteiger partial charge in [0.25, 0.3) is 5.56 Å². The highest BCUT2D eigenvalue weighted by atomic mass is 16.5. The van der Waals surface area contributed by atoms with Crippen LogP contribution in [-0.4, -0.2) is 57.0 Å². The molecule has 1 N–H and O–H groups in total. The van der Waals surface area contributed by atoms with Crippen LogP contribution in [0.3, 0.4) is 0 Å². The molecule has 1 atom stereocenters. The third-order valence-corrected chi connectivity index (χ3v) is 5.58. The lowest BCUT2D eigenvalue weighted by atomic mass is 9.94. The first-order chi connectivity index (χ1) is 12.8. The van der Waals surface area contributed by atoms with Gasteiger partial charge >= 0.3 is 0 Å². The summed E-state index contributed by atoms with van der Waals surface area (Å²) in [6, 6.07) is 4.23. The van der Waals surface area contributed by atoms with Crippen molar-refractivity contribution < 1.29 is 4.74 Å². The number of piperidine rings is 1. The number of likely N-dealkylation sites (tertiary alicyclic amines) is 1. The maximum atomic E-state index is 12.1. The molecule has 0 saturated carbocycles. The van der Waals surface area contributed by atoms with Crippen molar-refractivity contribution >= 4 is 0 Å². The van der Waals surface area contributed by atoms with Crippen molar-refractivity contribution in [1.82, 2.24) is 24.6 Å². The molecular formula is C19H27N5O2. The Hall–Kier alpha value is -1.99. The van der Waals surface area contributed by atoms with Gasteiger partial charge in [-0.05, 0) is 51.3 Å². The number of nitrogens with one attached hydrogen (secondary N) is 1. The lowest BCUT2D eigenvalue weighted by Crippen LogP contribution is -2.45. The summed E-state index contributed by atoms with van der Waals surface area (Å²) < 4.78 is 7.49. The summed E-state index contributed by atoms with van der Waals surface area (Å²) in [6.07, 6.45) is 6.19. The minimum atomic E-state index is -0.139. The molecule has 0 aromatic carbocycles. The summed E-state index contributed by atoms with van der Waals surface area (Å²) in [4.78, 5) is 22.2. The molecule has 4 rings (SSSR count). The predicted molar refractivity (Wildman–Crippen MR) is 99.1 cm³/mol. The second kappa shape index (κ2) is 7.72. The minimum Gasteiger partial charge on any atom is -0.381 e. The fraction of sp³-hybridized carbons (Fsp3) is 0.632. The van der Waals surface area contributed by atoms with Gasteiger partial charge in [0.15, 0.2) is 5.82 Å². The molecule has 7 heteroatoms. The number of nitrogens with zero attached hydrogens (tertiary/aromatic N) is 4. The lowest BCUT2D eigenvalue weighted by molar-refractivity contribution is 0.0232. The van der Waals surface area contributed by atoms with Gasteiger partial charge in [-0.15, -0.1) is 0 Å². The van der Waals surface area contributed by atoms with Crippen LogP contribution < -0.4 is 5.56 Å². The number of aryl methyl sites for hydroxylation is 1. The van der Waals surface area contributed by atoms with Gasteiger partial charge in [0.1, 0.15) is 5.82 Å². The Morgan fingerprint density at radius 1 is 1.31 bits per heavy atom. The molecule has 140 valence electrons. The van der Waals surface area contributed by atoms with Crippen molar-refractivity contribution in [3.05, 3.63) is 34.5 Å². The van der Waals surface area contributed by atoms with E-state index >= 15 is 0 Å². The van der Waals surface area contributed by atoms with Crippen molar-refractivity contribution in [2.75, 3.05) is 26.3 Å². The summed E-state index contributed by atoms with van der Waals surface area (Å²) in [6.45, 7) is 6.77. The van der Waals surface area contributed by atoms with Crippen LogP contribution in [0.5, 0.6) is 0 Å². The predicted octanol–water partition coefficient (Wildman–Crippen LogP) is 2.01. The maximum absolute atomic E-state index is 12.1. The number of hydrogen-bond acceptors (Lipinski definition) is 5. The summed E-state index contributed by atoms with van der Waals surface area (Å²) in [5.41, 5.74) is 0.401. The van der Waals surface area contributed by atoms with Crippen LogP contribution in [0.1, 0.15) is 44.3 Å². The number of aromatic amines is 1. The number of rotatable bonds is 4. The molecule has 2 aliphatic rings. The minimum absolute atomic E-state index is 0.139. The van der Waals surface area contributed by atoms with Crippen LogP contribution >= 0.6 is 0 Å². The van der Waals surface area contributed by atoms with E-state index < -0.39 is 0 Å². The molecule has 0 spiro atoms. The highest BCUT2D eigenvalue weighted by Gasteiger charge is 2.30. The summed E-state index contributed by atoms with van der Waals surface area (Å²) in [5, 5.41) is 4.62. The second-order valence-corrected chi connectivity index (χ2v) is 7.20. The monoisotopic (exact) mass is 357 g/mol. The molecule has 2 aliphatic heterocycles. The molecule has 2 aromatic heterocycles. The number of H-pyrrole nitrogens is 1. The third-order valence-electron chi connectivity index (χ3n) is 5.58. The van der Waals surface area contributed by atoms with Crippen LogP contribution in [0.2, 0.25) is 0 Å². The number of pyridine rings is 1. The van der Waals surface area contributed by atoms with Gasteiger partial charge in [0.05, 0.1) is 5.56 Å². The topological polar surface area (TPSA) is 76.0 Å². The van der Waals surface area contributed by atoms with Crippen molar-refractivity contribution in [3.8, 4) is 11.4 Å². The standard InChI is InChI=1S/C19H27N5O2/c1-2-24-18(21-17(22-24)16-6-3-9-20-19(16)25)14-5-4-10-23(13-14)15-7-11-26-12-8-15/h3,6,9,14-15H,2,4-5,7-8,10-13H2,1H3,(H,20,25). The smallest absolute Gasteiger partial charge is 0.259 e. The normalized spacial score (nSPS) is 22.6. The van der Waals surface area contributed by atoms with E-state index in [1.54, 1.807) is 12.3 Å². The molecule has 4 heterocycles. The molecular weight excluding hydrogens is 330 g/mol. The van der Waals surface area contributed by atoms with Crippen molar-refractivity contribution in [3.63, 3.8) is 0 Å². The van der Waals surface area contributed by atoms with E-state index in [0.717, 1.165) is 57.9 Å². The molecule has 2 aromatic rings. The molecule has 0 bridgehead atoms. The van der Waals surface area contributed by atoms with Gasteiger partial charge < -0.3 is 9.72 Å². The Bertz CT molecular complexity index is 793. The SMILES string of the molecule is CCn1nc(-c2ccc[nH]c2=O)nc1C1CCCN(C2CCOCC2)C1. The van der Waals surface area contributed by atoms with Crippen LogP contribution in [0.15, 0.2) is 23.1 Å². The first-order valence-corrected chi connectivity index (χ1v) is 9.71. The maximum Gasteiger partial charge on any atom is 0.259 e. The van der Waals surface area contributed by atoms with Crippen molar-refractivity contribution in [2.45, 2.75) is 51.1 Å². The zero-order chi connectivity index (χ0) is 17.9. The first kappa shape index (κ1) is 17.4. The molecule has 1 unspecified atom stereocenters. The zero-order valence-corrected chi connectivity index (χ0v) is 15.4. The fourth-order valence-electron chi connectivity index (χ4n) is 4.20. The van der Waals surface area contributed by atoms with Gasteiger partial charge in [-0.1, -0.05) is 0 Å². The molecule has 26 heavy (non-hydrogen) atoms. The quantitative estimate of drug-likeness (QED) is 0.906. The third kappa shape index (κ3) is 3.46. The highest BCUT2D eigenvalue weighted by molar-refractivity contribution is 5.52. The van der Waals surface area contributed by atoms with E-state index in [4.69, 9.17) is 9.72 Å². The molecule has 0 radical (unpaired) electrons. The van der Waals surface area contributed by atoms with E-state index in [1.165, 1.54) is 6.42 Å². The number of hydrogen-bond donors (Lipinski definition) is 1. The lowest BCUT2D eigenvalue weighted by Gasteiger charge is -2.39. The summed E-state index contributed by atoms with van der Waals surface area (Å²) >= 11 is 0. The molecule has 7 nitrogen and oxygen atoms in total. The first-order valence-electron chi connectivity index (χ1n) is 9.71. The Morgan fingerprint density at radius 3 is 2.92 bits per heavy atom. The number of aromatic nitrogens is 4. The van der Waals surface area contributed by atoms with Gasteiger partial charge in [-0.2, -0.15) is 5.10 Å². The van der Waals surface area contributed by atoms with Crippen molar-refractivity contribution in [2.24, 2.45) is 0 Å². The van der Waals surface area contributed by atoms with Crippen LogP contribution in [-0.2, 0) is 11.3 Å². The summed E-state index contributed by atoms with van der Waals surface area (Å²) in [5.74, 6) is 1.92. The second-order valence-electron chi connectivity index (χ2n) is 7.20. The van der Waals surface area contributed by atoms with E-state index in [2.05, 4.69) is 21.9 Å². The average molecular weight is 357 g/mol. The Kier molecular flexibility index (Phi) is 5.17.